The number of nitrogens with zero attached hydrogens (tertiary/aromatic N) is 1. The largest absolute Gasteiger partial charge is 0.317 e. The van der Waals surface area contributed by atoms with Crippen LogP contribution in [0.1, 0.15) is 31.2 Å². The lowest BCUT2D eigenvalue weighted by Crippen LogP contribution is -2.31. The monoisotopic (exact) mass is 282 g/mol. The number of pyridine rings is 1. The molecule has 88 valence electrons. The molecule has 0 amide bonds. The molecular formula is C13H19BrN2. The van der Waals surface area contributed by atoms with Crippen LogP contribution in [0, 0.1) is 5.92 Å². The number of rotatable bonds is 3. The average molecular weight is 283 g/mol. The van der Waals surface area contributed by atoms with Crippen LogP contribution in [0.15, 0.2) is 22.9 Å². The zero-order valence-electron chi connectivity index (χ0n) is 9.75. The first kappa shape index (κ1) is 12.1. The molecule has 1 heterocycles. The predicted octanol–water partition coefficient (Wildman–Crippen LogP) is 3.16. The van der Waals surface area contributed by atoms with Crippen LogP contribution in [0.2, 0.25) is 0 Å². The summed E-state index contributed by atoms with van der Waals surface area (Å²) in [6.45, 7) is 0. The summed E-state index contributed by atoms with van der Waals surface area (Å²) in [5.41, 5.74) is 1.36. The predicted molar refractivity (Wildman–Crippen MR) is 70.4 cm³/mol. The fourth-order valence-corrected chi connectivity index (χ4v) is 3.05. The van der Waals surface area contributed by atoms with E-state index in [0.717, 1.165) is 16.4 Å². The Morgan fingerprint density at radius 1 is 1.44 bits per heavy atom. The highest BCUT2D eigenvalue weighted by molar-refractivity contribution is 9.10. The molecule has 1 aliphatic carbocycles. The van der Waals surface area contributed by atoms with Crippen LogP contribution in [0.5, 0.6) is 0 Å². The van der Waals surface area contributed by atoms with Crippen LogP contribution in [0.4, 0.5) is 0 Å². The lowest BCUT2D eigenvalue weighted by molar-refractivity contribution is 0.294. The standard InChI is InChI=1S/C13H19BrN2/c1-15-13-4-2-3-10(7-13)5-11-6-12(14)9-16-8-11/h6,8-10,13,15H,2-5,7H2,1H3. The van der Waals surface area contributed by atoms with Gasteiger partial charge in [-0.1, -0.05) is 12.8 Å². The van der Waals surface area contributed by atoms with Gasteiger partial charge >= 0.3 is 0 Å². The highest BCUT2D eigenvalue weighted by Crippen LogP contribution is 2.27. The van der Waals surface area contributed by atoms with Crippen molar-refractivity contribution in [1.29, 1.82) is 0 Å². The minimum atomic E-state index is 0.721. The van der Waals surface area contributed by atoms with Gasteiger partial charge in [0.15, 0.2) is 0 Å². The van der Waals surface area contributed by atoms with Crippen molar-refractivity contribution in [3.8, 4) is 0 Å². The van der Waals surface area contributed by atoms with E-state index in [1.165, 1.54) is 37.7 Å². The van der Waals surface area contributed by atoms with E-state index >= 15 is 0 Å². The van der Waals surface area contributed by atoms with Crippen molar-refractivity contribution in [1.82, 2.24) is 10.3 Å². The Hall–Kier alpha value is -0.410. The Balaban J connectivity index is 1.94. The highest BCUT2D eigenvalue weighted by Gasteiger charge is 2.20. The normalized spacial score (nSPS) is 25.6. The smallest absolute Gasteiger partial charge is 0.0410 e. The molecule has 2 nitrogen and oxygen atoms in total. The molecule has 2 rings (SSSR count). The van der Waals surface area contributed by atoms with Gasteiger partial charge < -0.3 is 5.32 Å². The second kappa shape index (κ2) is 5.78. The van der Waals surface area contributed by atoms with Crippen molar-refractivity contribution in [2.75, 3.05) is 7.05 Å². The summed E-state index contributed by atoms with van der Waals surface area (Å²) in [6.07, 6.45) is 10.4. The lowest BCUT2D eigenvalue weighted by Gasteiger charge is -2.28. The Labute approximate surface area is 106 Å². The summed E-state index contributed by atoms with van der Waals surface area (Å²) < 4.78 is 1.09. The van der Waals surface area contributed by atoms with E-state index in [1.807, 2.05) is 12.4 Å². The molecule has 0 aliphatic heterocycles. The SMILES string of the molecule is CNC1CCCC(Cc2cncc(Br)c2)C1. The summed E-state index contributed by atoms with van der Waals surface area (Å²) in [7, 11) is 2.08. The summed E-state index contributed by atoms with van der Waals surface area (Å²) >= 11 is 3.48. The van der Waals surface area contributed by atoms with Crippen LogP contribution < -0.4 is 5.32 Å². The van der Waals surface area contributed by atoms with E-state index in [9.17, 15) is 0 Å². The zero-order valence-corrected chi connectivity index (χ0v) is 11.3. The fraction of sp³-hybridized carbons (Fsp3) is 0.615. The molecule has 2 atom stereocenters. The van der Waals surface area contributed by atoms with E-state index in [1.54, 1.807) is 0 Å². The summed E-state index contributed by atoms with van der Waals surface area (Å²) in [5.74, 6) is 0.822. The van der Waals surface area contributed by atoms with Gasteiger partial charge in [-0.3, -0.25) is 4.98 Å². The second-order valence-corrected chi connectivity index (χ2v) is 5.65. The van der Waals surface area contributed by atoms with Gasteiger partial charge in [0, 0.05) is 22.9 Å². The van der Waals surface area contributed by atoms with Crippen LogP contribution in [-0.2, 0) is 6.42 Å². The average Bonchev–Trinajstić information content (AvgIpc) is 2.29. The maximum absolute atomic E-state index is 4.23. The van der Waals surface area contributed by atoms with Crippen molar-refractivity contribution in [2.24, 2.45) is 5.92 Å². The van der Waals surface area contributed by atoms with E-state index in [0.29, 0.717) is 0 Å². The van der Waals surface area contributed by atoms with Crippen LogP contribution in [0.25, 0.3) is 0 Å². The molecule has 1 fully saturated rings. The van der Waals surface area contributed by atoms with Gasteiger partial charge in [0.1, 0.15) is 0 Å². The molecule has 1 saturated carbocycles. The van der Waals surface area contributed by atoms with Gasteiger partial charge in [-0.15, -0.1) is 0 Å². The number of nitrogens with one attached hydrogen (secondary N) is 1. The lowest BCUT2D eigenvalue weighted by atomic mass is 9.82. The first-order chi connectivity index (χ1) is 7.78. The second-order valence-electron chi connectivity index (χ2n) is 4.73. The Morgan fingerprint density at radius 3 is 3.06 bits per heavy atom. The molecule has 1 N–H and O–H groups in total. The van der Waals surface area contributed by atoms with Crippen molar-refractivity contribution in [2.45, 2.75) is 38.1 Å². The zero-order chi connectivity index (χ0) is 11.4. The van der Waals surface area contributed by atoms with E-state index < -0.39 is 0 Å². The molecule has 1 aromatic heterocycles. The summed E-state index contributed by atoms with van der Waals surface area (Å²) in [6, 6.07) is 2.91. The summed E-state index contributed by atoms with van der Waals surface area (Å²) in [5, 5.41) is 3.41. The third-order valence-electron chi connectivity index (χ3n) is 3.48. The number of hydrogen-bond donors (Lipinski definition) is 1. The van der Waals surface area contributed by atoms with E-state index in [-0.39, 0.29) is 0 Å². The van der Waals surface area contributed by atoms with Crippen LogP contribution >= 0.6 is 15.9 Å². The Bertz CT molecular complexity index is 340. The molecule has 1 aromatic rings. The van der Waals surface area contributed by atoms with Crippen molar-refractivity contribution in [3.63, 3.8) is 0 Å². The molecular weight excluding hydrogens is 264 g/mol. The molecule has 1 aliphatic rings. The molecule has 0 aromatic carbocycles. The minimum Gasteiger partial charge on any atom is -0.317 e. The van der Waals surface area contributed by atoms with Crippen molar-refractivity contribution < 1.29 is 0 Å². The minimum absolute atomic E-state index is 0.721. The molecule has 16 heavy (non-hydrogen) atoms. The molecule has 0 radical (unpaired) electrons. The Morgan fingerprint density at radius 2 is 2.31 bits per heavy atom. The number of halogens is 1. The summed E-state index contributed by atoms with van der Waals surface area (Å²) in [4.78, 5) is 4.23. The van der Waals surface area contributed by atoms with Gasteiger partial charge in [-0.05, 0) is 59.8 Å². The molecule has 2 unspecified atom stereocenters. The molecule has 0 bridgehead atoms. The topological polar surface area (TPSA) is 24.9 Å². The van der Waals surface area contributed by atoms with Crippen molar-refractivity contribution in [3.05, 3.63) is 28.5 Å². The Kier molecular flexibility index (Phi) is 4.36. The van der Waals surface area contributed by atoms with Crippen LogP contribution in [0.3, 0.4) is 0 Å². The quantitative estimate of drug-likeness (QED) is 0.921. The van der Waals surface area contributed by atoms with Gasteiger partial charge in [0.05, 0.1) is 0 Å². The van der Waals surface area contributed by atoms with Gasteiger partial charge in [0.25, 0.3) is 0 Å². The first-order valence-corrected chi connectivity index (χ1v) is 6.84. The number of hydrogen-bond acceptors (Lipinski definition) is 2. The fourth-order valence-electron chi connectivity index (χ4n) is 2.64. The molecule has 3 heteroatoms. The van der Waals surface area contributed by atoms with Gasteiger partial charge in [0.2, 0.25) is 0 Å². The number of aromatic nitrogens is 1. The third kappa shape index (κ3) is 3.29. The third-order valence-corrected chi connectivity index (χ3v) is 3.91. The highest BCUT2D eigenvalue weighted by atomic mass is 79.9. The maximum Gasteiger partial charge on any atom is 0.0410 e. The molecule has 0 spiro atoms. The molecule has 0 saturated heterocycles. The van der Waals surface area contributed by atoms with Gasteiger partial charge in [-0.2, -0.15) is 0 Å². The maximum atomic E-state index is 4.23. The van der Waals surface area contributed by atoms with Crippen LogP contribution in [-0.4, -0.2) is 18.1 Å². The van der Waals surface area contributed by atoms with Crippen molar-refractivity contribution >= 4 is 15.9 Å². The van der Waals surface area contributed by atoms with E-state index in [2.05, 4.69) is 39.3 Å². The van der Waals surface area contributed by atoms with E-state index in [4.69, 9.17) is 0 Å². The van der Waals surface area contributed by atoms with Gasteiger partial charge in [-0.25, -0.2) is 0 Å². The first-order valence-electron chi connectivity index (χ1n) is 6.04.